The second kappa shape index (κ2) is 6.16. The predicted molar refractivity (Wildman–Crippen MR) is 59.1 cm³/mol. The molecule has 0 aliphatic rings. The van der Waals surface area contributed by atoms with Crippen LogP contribution in [0.5, 0.6) is 0 Å². The van der Waals surface area contributed by atoms with Crippen LogP contribution >= 0.6 is 11.3 Å². The summed E-state index contributed by atoms with van der Waals surface area (Å²) in [7, 11) is 0. The third kappa shape index (κ3) is 4.62. The summed E-state index contributed by atoms with van der Waals surface area (Å²) in [5.74, 6) is -0.253. The summed E-state index contributed by atoms with van der Waals surface area (Å²) in [6.45, 7) is 1.74. The molecule has 0 amide bonds. The zero-order valence-corrected chi connectivity index (χ0v) is 8.79. The Labute approximate surface area is 87.5 Å². The summed E-state index contributed by atoms with van der Waals surface area (Å²) >= 11 is 1.69. The van der Waals surface area contributed by atoms with Crippen LogP contribution in [0.4, 0.5) is 0 Å². The highest BCUT2D eigenvalue weighted by Crippen LogP contribution is 2.09. The third-order valence-electron chi connectivity index (χ3n) is 1.43. The summed E-state index contributed by atoms with van der Waals surface area (Å²) in [5.41, 5.74) is 0. The van der Waals surface area contributed by atoms with Crippen molar-refractivity contribution < 1.29 is 9.53 Å². The van der Waals surface area contributed by atoms with Gasteiger partial charge < -0.3 is 4.74 Å². The lowest BCUT2D eigenvalue weighted by atomic mass is 10.4. The fourth-order valence-electron chi connectivity index (χ4n) is 0.836. The van der Waals surface area contributed by atoms with E-state index in [9.17, 15) is 4.79 Å². The molecule has 2 nitrogen and oxygen atoms in total. The molecule has 0 saturated heterocycles. The van der Waals surface area contributed by atoms with Gasteiger partial charge in [0.1, 0.15) is 6.61 Å². The lowest BCUT2D eigenvalue weighted by molar-refractivity contribution is -0.139. The largest absolute Gasteiger partial charge is 0.462 e. The molecule has 0 aromatic carbocycles. The summed E-state index contributed by atoms with van der Waals surface area (Å²) in [4.78, 5) is 11.6. The number of esters is 1. The monoisotopic (exact) mass is 208 g/mol. The van der Waals surface area contributed by atoms with Crippen molar-refractivity contribution in [3.05, 3.63) is 40.6 Å². The highest BCUT2D eigenvalue weighted by atomic mass is 32.1. The molecule has 1 aromatic heterocycles. The Morgan fingerprint density at radius 1 is 1.57 bits per heavy atom. The number of carbonyl (C=O) groups is 1. The Hall–Kier alpha value is -1.35. The highest BCUT2D eigenvalue weighted by Gasteiger charge is 1.85. The van der Waals surface area contributed by atoms with E-state index in [1.807, 2.05) is 35.7 Å². The molecule has 0 N–H and O–H groups in total. The van der Waals surface area contributed by atoms with Crippen molar-refractivity contribution in [1.82, 2.24) is 0 Å². The molecule has 0 spiro atoms. The van der Waals surface area contributed by atoms with Crippen LogP contribution in [0.2, 0.25) is 0 Å². The smallest absolute Gasteiger partial charge is 0.302 e. The van der Waals surface area contributed by atoms with E-state index in [1.54, 1.807) is 17.4 Å². The SMILES string of the molecule is CC(=O)OC/C=C/C=Cc1cccs1. The Bertz CT molecular complexity index is 323. The average Bonchev–Trinajstić information content (AvgIpc) is 2.63. The molecule has 0 aliphatic heterocycles. The molecular formula is C11H12O2S. The Morgan fingerprint density at radius 2 is 2.43 bits per heavy atom. The Kier molecular flexibility index (Phi) is 4.72. The standard InChI is InChI=1S/C11H12O2S/c1-10(12)13-8-4-2-3-6-11-7-5-9-14-11/h2-7,9H,8H2,1H3/b4-2+,6-3?. The van der Waals surface area contributed by atoms with Gasteiger partial charge in [-0.2, -0.15) is 0 Å². The topological polar surface area (TPSA) is 26.3 Å². The maximum Gasteiger partial charge on any atom is 0.302 e. The molecule has 0 saturated carbocycles. The molecule has 3 heteroatoms. The van der Waals surface area contributed by atoms with Crippen molar-refractivity contribution in [2.45, 2.75) is 6.92 Å². The first kappa shape index (κ1) is 10.7. The van der Waals surface area contributed by atoms with Crippen LogP contribution in [-0.2, 0) is 9.53 Å². The molecule has 14 heavy (non-hydrogen) atoms. The van der Waals surface area contributed by atoms with Gasteiger partial charge in [0.2, 0.25) is 0 Å². The number of rotatable bonds is 4. The normalized spacial score (nSPS) is 11.2. The van der Waals surface area contributed by atoms with Gasteiger partial charge >= 0.3 is 5.97 Å². The zero-order chi connectivity index (χ0) is 10.2. The van der Waals surface area contributed by atoms with E-state index in [0.29, 0.717) is 6.61 Å². The first-order valence-corrected chi connectivity index (χ1v) is 5.17. The number of hydrogen-bond donors (Lipinski definition) is 0. The summed E-state index contributed by atoms with van der Waals surface area (Å²) in [6, 6.07) is 4.05. The van der Waals surface area contributed by atoms with Crippen molar-refractivity contribution >= 4 is 23.4 Å². The van der Waals surface area contributed by atoms with Gasteiger partial charge in [-0.3, -0.25) is 4.79 Å². The maximum absolute atomic E-state index is 10.4. The molecule has 1 heterocycles. The fraction of sp³-hybridized carbons (Fsp3) is 0.182. The maximum atomic E-state index is 10.4. The Morgan fingerprint density at radius 3 is 3.07 bits per heavy atom. The molecule has 0 unspecified atom stereocenters. The zero-order valence-electron chi connectivity index (χ0n) is 7.97. The van der Waals surface area contributed by atoms with Crippen LogP contribution in [0.3, 0.4) is 0 Å². The molecular weight excluding hydrogens is 196 g/mol. The van der Waals surface area contributed by atoms with Gasteiger partial charge in [0.25, 0.3) is 0 Å². The van der Waals surface area contributed by atoms with Crippen LogP contribution < -0.4 is 0 Å². The number of allylic oxidation sites excluding steroid dienone is 2. The molecule has 0 fully saturated rings. The van der Waals surface area contributed by atoms with Gasteiger partial charge in [-0.25, -0.2) is 0 Å². The lowest BCUT2D eigenvalue weighted by Gasteiger charge is -1.92. The molecule has 0 radical (unpaired) electrons. The number of thiophene rings is 1. The second-order valence-corrected chi connectivity index (χ2v) is 3.58. The summed E-state index contributed by atoms with van der Waals surface area (Å²) < 4.78 is 4.72. The van der Waals surface area contributed by atoms with Crippen LogP contribution in [0.25, 0.3) is 6.08 Å². The van der Waals surface area contributed by atoms with Crippen LogP contribution in [0.15, 0.2) is 35.7 Å². The number of carbonyl (C=O) groups excluding carboxylic acids is 1. The molecule has 74 valence electrons. The number of ether oxygens (including phenoxy) is 1. The molecule has 0 aliphatic carbocycles. The lowest BCUT2D eigenvalue weighted by Crippen LogP contribution is -1.96. The molecule has 0 bridgehead atoms. The highest BCUT2D eigenvalue weighted by molar-refractivity contribution is 7.10. The van der Waals surface area contributed by atoms with E-state index in [4.69, 9.17) is 4.74 Å². The van der Waals surface area contributed by atoms with E-state index in [-0.39, 0.29) is 5.97 Å². The van der Waals surface area contributed by atoms with E-state index in [2.05, 4.69) is 0 Å². The van der Waals surface area contributed by atoms with Gasteiger partial charge in [-0.05, 0) is 23.6 Å². The Balaban J connectivity index is 2.23. The predicted octanol–water partition coefficient (Wildman–Crippen LogP) is 2.88. The minimum atomic E-state index is -0.253. The minimum Gasteiger partial charge on any atom is -0.462 e. The van der Waals surface area contributed by atoms with Crippen molar-refractivity contribution in [3.63, 3.8) is 0 Å². The summed E-state index contributed by atoms with van der Waals surface area (Å²) in [5, 5.41) is 2.03. The first-order chi connectivity index (χ1) is 6.79. The van der Waals surface area contributed by atoms with Crippen molar-refractivity contribution in [3.8, 4) is 0 Å². The van der Waals surface area contributed by atoms with Gasteiger partial charge in [0.15, 0.2) is 0 Å². The van der Waals surface area contributed by atoms with Gasteiger partial charge in [0, 0.05) is 11.8 Å². The average molecular weight is 208 g/mol. The van der Waals surface area contributed by atoms with Gasteiger partial charge in [-0.1, -0.05) is 18.2 Å². The van der Waals surface area contributed by atoms with E-state index in [0.717, 1.165) is 0 Å². The summed E-state index contributed by atoms with van der Waals surface area (Å²) in [6.07, 6.45) is 7.60. The van der Waals surface area contributed by atoms with Crippen molar-refractivity contribution in [2.75, 3.05) is 6.61 Å². The van der Waals surface area contributed by atoms with Crippen molar-refractivity contribution in [1.29, 1.82) is 0 Å². The quantitative estimate of drug-likeness (QED) is 0.561. The van der Waals surface area contributed by atoms with Crippen LogP contribution in [0.1, 0.15) is 11.8 Å². The third-order valence-corrected chi connectivity index (χ3v) is 2.27. The van der Waals surface area contributed by atoms with Gasteiger partial charge in [-0.15, -0.1) is 11.3 Å². The van der Waals surface area contributed by atoms with Crippen LogP contribution in [0, 0.1) is 0 Å². The van der Waals surface area contributed by atoms with Gasteiger partial charge in [0.05, 0.1) is 0 Å². The van der Waals surface area contributed by atoms with E-state index < -0.39 is 0 Å². The number of hydrogen-bond acceptors (Lipinski definition) is 3. The molecule has 1 rings (SSSR count). The van der Waals surface area contributed by atoms with E-state index in [1.165, 1.54) is 11.8 Å². The second-order valence-electron chi connectivity index (χ2n) is 2.61. The minimum absolute atomic E-state index is 0.253. The van der Waals surface area contributed by atoms with Crippen molar-refractivity contribution in [2.24, 2.45) is 0 Å². The molecule has 1 aromatic rings. The van der Waals surface area contributed by atoms with Crippen LogP contribution in [-0.4, -0.2) is 12.6 Å². The van der Waals surface area contributed by atoms with E-state index >= 15 is 0 Å². The molecule has 0 atom stereocenters. The fourth-order valence-corrected chi connectivity index (χ4v) is 1.46. The first-order valence-electron chi connectivity index (χ1n) is 4.29.